The lowest BCUT2D eigenvalue weighted by atomic mass is 10.2. The maximum absolute atomic E-state index is 10.8. The first-order valence-electron chi connectivity index (χ1n) is 6.47. The van der Waals surface area contributed by atoms with E-state index in [0.717, 1.165) is 0 Å². The second-order valence-electron chi connectivity index (χ2n) is 4.41. The van der Waals surface area contributed by atoms with Gasteiger partial charge in [0.05, 0.1) is 4.92 Å². The average molecular weight is 297 g/mol. The molecule has 0 amide bonds. The largest absolute Gasteiger partial charge is 0.484 e. The molecule has 0 aliphatic carbocycles. The molecule has 0 radical (unpaired) electrons. The van der Waals surface area contributed by atoms with Gasteiger partial charge < -0.3 is 9.15 Å². The molecule has 0 atom stereocenters. The number of nitro groups is 1. The summed E-state index contributed by atoms with van der Waals surface area (Å²) < 4.78 is 11.0. The molecule has 0 saturated carbocycles. The number of benzene rings is 2. The minimum atomic E-state index is -0.473. The highest BCUT2D eigenvalue weighted by Crippen LogP contribution is 2.23. The summed E-state index contributed by atoms with van der Waals surface area (Å²) in [5.74, 6) is 1.21. The van der Waals surface area contributed by atoms with Gasteiger partial charge in [-0.3, -0.25) is 10.1 Å². The molecule has 1 aromatic heterocycles. The smallest absolute Gasteiger partial charge is 0.270 e. The number of nitrogens with zero attached hydrogens (tertiary/aromatic N) is 3. The second kappa shape index (κ2) is 6.04. The summed E-state index contributed by atoms with van der Waals surface area (Å²) >= 11 is 0. The van der Waals surface area contributed by atoms with Crippen molar-refractivity contribution in [1.29, 1.82) is 0 Å². The molecule has 7 heteroatoms. The molecule has 22 heavy (non-hydrogen) atoms. The van der Waals surface area contributed by atoms with Crippen molar-refractivity contribution in [2.24, 2.45) is 0 Å². The molecular weight excluding hydrogens is 286 g/mol. The van der Waals surface area contributed by atoms with E-state index in [4.69, 9.17) is 9.15 Å². The topological polar surface area (TPSA) is 91.3 Å². The van der Waals surface area contributed by atoms with Crippen LogP contribution in [-0.4, -0.2) is 15.1 Å². The molecule has 110 valence electrons. The number of nitro benzene ring substituents is 1. The van der Waals surface area contributed by atoms with E-state index >= 15 is 0 Å². The number of aromatic nitrogens is 2. The zero-order valence-electron chi connectivity index (χ0n) is 11.4. The van der Waals surface area contributed by atoms with Crippen molar-refractivity contribution in [1.82, 2.24) is 10.2 Å². The first-order valence-corrected chi connectivity index (χ1v) is 6.47. The van der Waals surface area contributed by atoms with E-state index in [1.807, 2.05) is 30.3 Å². The Labute approximate surface area is 125 Å². The molecule has 0 bridgehead atoms. The summed E-state index contributed by atoms with van der Waals surface area (Å²) in [6.07, 6.45) is 0. The third-order valence-corrected chi connectivity index (χ3v) is 2.88. The fourth-order valence-corrected chi connectivity index (χ4v) is 1.84. The Morgan fingerprint density at radius 2 is 1.91 bits per heavy atom. The number of non-ortho nitro benzene ring substituents is 1. The van der Waals surface area contributed by atoms with Crippen LogP contribution in [0.3, 0.4) is 0 Å². The van der Waals surface area contributed by atoms with Gasteiger partial charge in [0, 0.05) is 17.7 Å². The molecule has 3 rings (SSSR count). The van der Waals surface area contributed by atoms with Crippen molar-refractivity contribution in [2.45, 2.75) is 6.61 Å². The summed E-state index contributed by atoms with van der Waals surface area (Å²) in [7, 11) is 0. The highest BCUT2D eigenvalue weighted by atomic mass is 16.6. The van der Waals surface area contributed by atoms with Crippen molar-refractivity contribution in [2.75, 3.05) is 0 Å². The minimum absolute atomic E-state index is 0.0298. The Morgan fingerprint density at radius 1 is 1.09 bits per heavy atom. The Morgan fingerprint density at radius 3 is 2.68 bits per heavy atom. The predicted molar refractivity (Wildman–Crippen MR) is 77.2 cm³/mol. The van der Waals surface area contributed by atoms with Crippen molar-refractivity contribution < 1.29 is 14.1 Å². The van der Waals surface area contributed by atoms with Crippen LogP contribution in [0.5, 0.6) is 5.75 Å². The predicted octanol–water partition coefficient (Wildman–Crippen LogP) is 3.22. The molecular formula is C15H11N3O4. The summed E-state index contributed by atoms with van der Waals surface area (Å²) in [4.78, 5) is 10.3. The third-order valence-electron chi connectivity index (χ3n) is 2.88. The Hall–Kier alpha value is -3.22. The molecule has 1 heterocycles. The fraction of sp³-hybridized carbons (Fsp3) is 0.0667. The van der Waals surface area contributed by atoms with Crippen molar-refractivity contribution >= 4 is 5.69 Å². The maximum atomic E-state index is 10.8. The lowest BCUT2D eigenvalue weighted by Gasteiger charge is -2.01. The molecule has 0 fully saturated rings. The van der Waals surface area contributed by atoms with Crippen LogP contribution in [0, 0.1) is 10.1 Å². The zero-order valence-corrected chi connectivity index (χ0v) is 11.4. The fourth-order valence-electron chi connectivity index (χ4n) is 1.84. The first-order chi connectivity index (χ1) is 10.7. The molecule has 7 nitrogen and oxygen atoms in total. The van der Waals surface area contributed by atoms with E-state index in [1.54, 1.807) is 12.1 Å². The lowest BCUT2D eigenvalue weighted by Crippen LogP contribution is -1.95. The second-order valence-corrected chi connectivity index (χ2v) is 4.41. The van der Waals surface area contributed by atoms with Gasteiger partial charge in [0.1, 0.15) is 5.75 Å². The Bertz CT molecular complexity index is 786. The van der Waals surface area contributed by atoms with E-state index in [2.05, 4.69) is 10.2 Å². The Balaban J connectivity index is 1.73. The molecule has 0 N–H and O–H groups in total. The number of rotatable bonds is 5. The van der Waals surface area contributed by atoms with E-state index < -0.39 is 4.92 Å². The highest BCUT2D eigenvalue weighted by molar-refractivity contribution is 5.57. The van der Waals surface area contributed by atoms with Gasteiger partial charge in [0.25, 0.3) is 11.6 Å². The van der Waals surface area contributed by atoms with Gasteiger partial charge in [-0.2, -0.15) is 0 Å². The summed E-state index contributed by atoms with van der Waals surface area (Å²) in [5, 5.41) is 18.5. The monoisotopic (exact) mass is 297 g/mol. The van der Waals surface area contributed by atoms with E-state index in [-0.39, 0.29) is 18.2 Å². The first kappa shape index (κ1) is 13.7. The molecule has 0 saturated heterocycles. The van der Waals surface area contributed by atoms with Crippen LogP contribution in [-0.2, 0) is 6.61 Å². The third kappa shape index (κ3) is 3.09. The molecule has 0 spiro atoms. The van der Waals surface area contributed by atoms with Crippen molar-refractivity contribution in [3.8, 4) is 17.2 Å². The number of para-hydroxylation sites is 1. The summed E-state index contributed by atoms with van der Waals surface area (Å²) in [5.41, 5.74) is 0.463. The maximum Gasteiger partial charge on any atom is 0.270 e. The summed E-state index contributed by atoms with van der Waals surface area (Å²) in [6, 6.07) is 15.3. The van der Waals surface area contributed by atoms with Crippen molar-refractivity contribution in [3.05, 3.63) is 70.6 Å². The van der Waals surface area contributed by atoms with Gasteiger partial charge in [0.2, 0.25) is 5.89 Å². The van der Waals surface area contributed by atoms with Crippen LogP contribution < -0.4 is 4.74 Å². The van der Waals surface area contributed by atoms with Crippen LogP contribution >= 0.6 is 0 Å². The number of hydrogen-bond donors (Lipinski definition) is 0. The molecule has 3 aromatic rings. The van der Waals surface area contributed by atoms with Gasteiger partial charge in [-0.05, 0) is 18.2 Å². The van der Waals surface area contributed by atoms with Gasteiger partial charge in [-0.15, -0.1) is 10.2 Å². The molecule has 0 aliphatic heterocycles. The SMILES string of the molecule is O=[N+]([O-])c1cccc(-c2nnc(COc3ccccc3)o2)c1. The van der Waals surface area contributed by atoms with Gasteiger partial charge in [-0.1, -0.05) is 24.3 Å². The quantitative estimate of drug-likeness (QED) is 0.530. The standard InChI is InChI=1S/C15H11N3O4/c19-18(20)12-6-4-5-11(9-12)15-17-16-14(22-15)10-21-13-7-2-1-3-8-13/h1-9H,10H2. The molecule has 2 aromatic carbocycles. The van der Waals surface area contributed by atoms with E-state index in [0.29, 0.717) is 17.2 Å². The zero-order chi connectivity index (χ0) is 15.4. The van der Waals surface area contributed by atoms with E-state index in [9.17, 15) is 10.1 Å². The lowest BCUT2D eigenvalue weighted by molar-refractivity contribution is -0.384. The number of hydrogen-bond acceptors (Lipinski definition) is 6. The molecule has 0 aliphatic rings. The van der Waals surface area contributed by atoms with E-state index in [1.165, 1.54) is 12.1 Å². The van der Waals surface area contributed by atoms with Crippen molar-refractivity contribution in [3.63, 3.8) is 0 Å². The normalized spacial score (nSPS) is 10.4. The van der Waals surface area contributed by atoms with Crippen LogP contribution in [0.1, 0.15) is 5.89 Å². The minimum Gasteiger partial charge on any atom is -0.484 e. The Kier molecular flexibility index (Phi) is 3.78. The van der Waals surface area contributed by atoms with Crippen LogP contribution in [0.25, 0.3) is 11.5 Å². The average Bonchev–Trinajstić information content (AvgIpc) is 3.03. The highest BCUT2D eigenvalue weighted by Gasteiger charge is 2.13. The van der Waals surface area contributed by atoms with Crippen LogP contribution in [0.15, 0.2) is 59.0 Å². The van der Waals surface area contributed by atoms with Gasteiger partial charge in [-0.25, -0.2) is 0 Å². The summed E-state index contributed by atoms with van der Waals surface area (Å²) in [6.45, 7) is 0.131. The molecule has 0 unspecified atom stereocenters. The van der Waals surface area contributed by atoms with Gasteiger partial charge >= 0.3 is 0 Å². The van der Waals surface area contributed by atoms with Crippen LogP contribution in [0.2, 0.25) is 0 Å². The van der Waals surface area contributed by atoms with Crippen LogP contribution in [0.4, 0.5) is 5.69 Å². The van der Waals surface area contributed by atoms with Gasteiger partial charge in [0.15, 0.2) is 6.61 Å². The number of ether oxygens (including phenoxy) is 1.